The maximum Gasteiger partial charge on any atom is 0.208 e. The molecule has 0 saturated carbocycles. The fourth-order valence-corrected chi connectivity index (χ4v) is 2.67. The molecule has 94 valence electrons. The first-order chi connectivity index (χ1) is 7.91. The number of rotatable bonds is 2. The molecule has 0 radical (unpaired) electrons. The average Bonchev–Trinajstić information content (AvgIpc) is 2.64. The Balaban J connectivity index is 2.28. The number of allylic oxidation sites excluding steroid dienone is 2. The molecule has 0 amide bonds. The van der Waals surface area contributed by atoms with Gasteiger partial charge in [-0.2, -0.15) is 0 Å². The Morgan fingerprint density at radius 2 is 2.12 bits per heavy atom. The maximum absolute atomic E-state index is 12.3. The molecular weight excluding hydrogens is 214 g/mol. The highest BCUT2D eigenvalue weighted by Gasteiger charge is 2.40. The fraction of sp³-hybridized carbons (Fsp3) is 0.615. The van der Waals surface area contributed by atoms with Crippen molar-refractivity contribution in [1.29, 1.82) is 0 Å². The highest BCUT2D eigenvalue weighted by molar-refractivity contribution is 6.11. The average molecular weight is 235 g/mol. The van der Waals surface area contributed by atoms with Crippen LogP contribution in [-0.2, 0) is 4.79 Å². The lowest BCUT2D eigenvalue weighted by Crippen LogP contribution is -2.41. The van der Waals surface area contributed by atoms with Crippen molar-refractivity contribution >= 4 is 5.78 Å². The molecule has 2 rings (SSSR count). The van der Waals surface area contributed by atoms with Crippen LogP contribution in [0.3, 0.4) is 0 Å². The van der Waals surface area contributed by atoms with Crippen molar-refractivity contribution < 1.29 is 4.79 Å². The van der Waals surface area contributed by atoms with E-state index >= 15 is 0 Å². The molecule has 0 aromatic heterocycles. The topological polar surface area (TPSA) is 35.6 Å². The molecule has 0 aromatic rings. The summed E-state index contributed by atoms with van der Waals surface area (Å²) in [7, 11) is 3.89. The van der Waals surface area contributed by atoms with Gasteiger partial charge in [0.25, 0.3) is 0 Å². The van der Waals surface area contributed by atoms with Gasteiger partial charge in [-0.3, -0.25) is 4.79 Å². The van der Waals surface area contributed by atoms with Gasteiger partial charge in [0, 0.05) is 44.0 Å². The molecule has 4 nitrogen and oxygen atoms in total. The lowest BCUT2D eigenvalue weighted by molar-refractivity contribution is -0.113. The molecule has 1 aliphatic heterocycles. The SMILES string of the molecule is CC(C)N1C2=C(C/C(=C\N(C)C)C2=O)NC1C. The molecule has 0 aromatic carbocycles. The van der Waals surface area contributed by atoms with E-state index in [4.69, 9.17) is 0 Å². The monoisotopic (exact) mass is 235 g/mol. The number of ketones is 1. The number of Topliss-reactive ketones (excluding diaryl/α,β-unsaturated/α-hetero) is 1. The van der Waals surface area contributed by atoms with Crippen molar-refractivity contribution in [1.82, 2.24) is 15.1 Å². The summed E-state index contributed by atoms with van der Waals surface area (Å²) in [6.07, 6.45) is 2.88. The molecule has 1 heterocycles. The van der Waals surface area contributed by atoms with E-state index in [2.05, 4.69) is 31.0 Å². The highest BCUT2D eigenvalue weighted by Crippen LogP contribution is 2.35. The second-order valence-corrected chi connectivity index (χ2v) is 5.27. The maximum atomic E-state index is 12.3. The van der Waals surface area contributed by atoms with Crippen LogP contribution in [-0.4, -0.2) is 41.9 Å². The van der Waals surface area contributed by atoms with Gasteiger partial charge < -0.3 is 15.1 Å². The van der Waals surface area contributed by atoms with Crippen molar-refractivity contribution in [3.05, 3.63) is 23.2 Å². The molecule has 2 aliphatic rings. The second kappa shape index (κ2) is 4.09. The highest BCUT2D eigenvalue weighted by atomic mass is 16.1. The Morgan fingerprint density at radius 3 is 2.65 bits per heavy atom. The van der Waals surface area contributed by atoms with Crippen LogP contribution in [0.1, 0.15) is 27.2 Å². The fourth-order valence-electron chi connectivity index (χ4n) is 2.67. The van der Waals surface area contributed by atoms with Crippen molar-refractivity contribution in [2.75, 3.05) is 14.1 Å². The van der Waals surface area contributed by atoms with Gasteiger partial charge in [-0.25, -0.2) is 0 Å². The first kappa shape index (κ1) is 12.0. The van der Waals surface area contributed by atoms with E-state index in [-0.39, 0.29) is 11.9 Å². The van der Waals surface area contributed by atoms with Crippen LogP contribution < -0.4 is 5.32 Å². The number of carbonyl (C=O) groups is 1. The van der Waals surface area contributed by atoms with Gasteiger partial charge in [-0.05, 0) is 20.8 Å². The summed E-state index contributed by atoms with van der Waals surface area (Å²) in [6.45, 7) is 6.34. The molecule has 1 aliphatic carbocycles. The van der Waals surface area contributed by atoms with E-state index < -0.39 is 0 Å². The zero-order chi connectivity index (χ0) is 12.7. The van der Waals surface area contributed by atoms with Crippen LogP contribution in [0.2, 0.25) is 0 Å². The Bertz CT molecular complexity index is 407. The summed E-state index contributed by atoms with van der Waals surface area (Å²) < 4.78 is 0. The van der Waals surface area contributed by atoms with Crippen molar-refractivity contribution in [2.24, 2.45) is 0 Å². The van der Waals surface area contributed by atoms with Crippen LogP contribution in [0.4, 0.5) is 0 Å². The predicted octanol–water partition coefficient (Wildman–Crippen LogP) is 1.28. The van der Waals surface area contributed by atoms with Crippen LogP contribution in [0.15, 0.2) is 23.2 Å². The molecule has 0 saturated heterocycles. The quantitative estimate of drug-likeness (QED) is 0.731. The molecule has 1 unspecified atom stereocenters. The first-order valence-electron chi connectivity index (χ1n) is 6.11. The molecule has 17 heavy (non-hydrogen) atoms. The smallest absolute Gasteiger partial charge is 0.208 e. The summed E-state index contributed by atoms with van der Waals surface area (Å²) in [6, 6.07) is 0.340. The van der Waals surface area contributed by atoms with Crippen molar-refractivity contribution in [3.63, 3.8) is 0 Å². The van der Waals surface area contributed by atoms with Gasteiger partial charge in [0.15, 0.2) is 0 Å². The lowest BCUT2D eigenvalue weighted by atomic mass is 10.1. The van der Waals surface area contributed by atoms with Gasteiger partial charge in [-0.15, -0.1) is 0 Å². The van der Waals surface area contributed by atoms with Gasteiger partial charge in [0.2, 0.25) is 5.78 Å². The predicted molar refractivity (Wildman–Crippen MR) is 68.0 cm³/mol. The minimum Gasteiger partial charge on any atom is -0.383 e. The molecule has 1 N–H and O–H groups in total. The van der Waals surface area contributed by atoms with Crippen LogP contribution in [0.5, 0.6) is 0 Å². The summed E-state index contributed by atoms with van der Waals surface area (Å²) in [5, 5.41) is 3.41. The lowest BCUT2D eigenvalue weighted by Gasteiger charge is -2.30. The van der Waals surface area contributed by atoms with E-state index in [0.717, 1.165) is 23.4 Å². The second-order valence-electron chi connectivity index (χ2n) is 5.27. The third-order valence-corrected chi connectivity index (χ3v) is 3.19. The third-order valence-electron chi connectivity index (χ3n) is 3.19. The standard InChI is InChI=1S/C13H21N3O/c1-8(2)16-9(3)14-11-6-10(7-15(4)5)13(17)12(11)16/h7-9,14H,6H2,1-5H3/b10-7+. The first-order valence-corrected chi connectivity index (χ1v) is 6.11. The summed E-state index contributed by atoms with van der Waals surface area (Å²) in [4.78, 5) is 16.5. The molecule has 1 atom stereocenters. The van der Waals surface area contributed by atoms with E-state index in [1.54, 1.807) is 0 Å². The summed E-state index contributed by atoms with van der Waals surface area (Å²) >= 11 is 0. The summed E-state index contributed by atoms with van der Waals surface area (Å²) in [5.41, 5.74) is 2.84. The number of hydrogen-bond acceptors (Lipinski definition) is 4. The van der Waals surface area contributed by atoms with Crippen LogP contribution >= 0.6 is 0 Å². The van der Waals surface area contributed by atoms with E-state index in [1.807, 2.05) is 25.2 Å². The van der Waals surface area contributed by atoms with E-state index in [9.17, 15) is 4.79 Å². The Hall–Kier alpha value is -1.45. The Labute approximate surface area is 103 Å². The Morgan fingerprint density at radius 1 is 1.47 bits per heavy atom. The van der Waals surface area contributed by atoms with Gasteiger partial charge in [0.1, 0.15) is 5.70 Å². The minimum absolute atomic E-state index is 0.180. The van der Waals surface area contributed by atoms with Crippen molar-refractivity contribution in [2.45, 2.75) is 39.4 Å². The Kier molecular flexibility index (Phi) is 2.89. The van der Waals surface area contributed by atoms with Crippen LogP contribution in [0.25, 0.3) is 0 Å². The van der Waals surface area contributed by atoms with Gasteiger partial charge >= 0.3 is 0 Å². The third kappa shape index (κ3) is 1.92. The number of nitrogens with one attached hydrogen (secondary N) is 1. The molecule has 0 spiro atoms. The molecular formula is C13H21N3O. The van der Waals surface area contributed by atoms with Gasteiger partial charge in [-0.1, -0.05) is 0 Å². The van der Waals surface area contributed by atoms with E-state index in [1.165, 1.54) is 0 Å². The number of hydrogen-bond donors (Lipinski definition) is 1. The van der Waals surface area contributed by atoms with Gasteiger partial charge in [0.05, 0.1) is 6.17 Å². The normalized spacial score (nSPS) is 26.0. The molecule has 0 bridgehead atoms. The molecule has 4 heteroatoms. The zero-order valence-corrected chi connectivity index (χ0v) is 11.2. The minimum atomic E-state index is 0.180. The largest absolute Gasteiger partial charge is 0.383 e. The summed E-state index contributed by atoms with van der Waals surface area (Å²) in [5.74, 6) is 0.180. The van der Waals surface area contributed by atoms with E-state index in [0.29, 0.717) is 6.04 Å². The number of nitrogens with zero attached hydrogens (tertiary/aromatic N) is 2. The zero-order valence-electron chi connectivity index (χ0n) is 11.2. The number of carbonyl (C=O) groups excluding carboxylic acids is 1. The van der Waals surface area contributed by atoms with Crippen molar-refractivity contribution in [3.8, 4) is 0 Å². The molecule has 0 fully saturated rings. The van der Waals surface area contributed by atoms with Crippen LogP contribution in [0, 0.1) is 0 Å².